The van der Waals surface area contributed by atoms with Crippen LogP contribution in [0, 0.1) is 0 Å². The number of rotatable bonds is 2. The Morgan fingerprint density at radius 2 is 2.39 bits per heavy atom. The third-order valence-corrected chi connectivity index (χ3v) is 3.77. The minimum absolute atomic E-state index is 0.0272. The smallest absolute Gasteiger partial charge is 0.255 e. The summed E-state index contributed by atoms with van der Waals surface area (Å²) in [7, 11) is 0. The second-order valence-electron chi connectivity index (χ2n) is 4.65. The molecule has 1 aliphatic rings. The molecule has 5 heteroatoms. The molecule has 1 saturated heterocycles. The second-order valence-corrected chi connectivity index (χ2v) is 5.05. The number of hydrogen-bond donors (Lipinski definition) is 1. The highest BCUT2D eigenvalue weighted by atomic mass is 35.5. The van der Waals surface area contributed by atoms with Gasteiger partial charge < -0.3 is 10.6 Å². The van der Waals surface area contributed by atoms with Crippen LogP contribution in [0.15, 0.2) is 12.3 Å². The number of hydrogen-bond acceptors (Lipinski definition) is 3. The highest BCUT2D eigenvalue weighted by Crippen LogP contribution is 2.25. The van der Waals surface area contributed by atoms with Gasteiger partial charge in [0.2, 0.25) is 0 Å². The van der Waals surface area contributed by atoms with Gasteiger partial charge in [0.25, 0.3) is 5.91 Å². The molecule has 18 heavy (non-hydrogen) atoms. The highest BCUT2D eigenvalue weighted by molar-refractivity contribution is 6.33. The molecule has 0 bridgehead atoms. The van der Waals surface area contributed by atoms with Crippen LogP contribution in [0.4, 0.5) is 5.82 Å². The third-order valence-electron chi connectivity index (χ3n) is 3.47. The lowest BCUT2D eigenvalue weighted by molar-refractivity contribution is 0.0608. The van der Waals surface area contributed by atoms with Crippen molar-refractivity contribution in [1.82, 2.24) is 9.88 Å². The largest absolute Gasteiger partial charge is 0.384 e. The molecule has 1 fully saturated rings. The molecule has 2 rings (SSSR count). The Bertz CT molecular complexity index is 450. The maximum absolute atomic E-state index is 12.5. The van der Waals surface area contributed by atoms with Gasteiger partial charge >= 0.3 is 0 Å². The van der Waals surface area contributed by atoms with Crippen molar-refractivity contribution in [1.29, 1.82) is 0 Å². The van der Waals surface area contributed by atoms with E-state index in [0.717, 1.165) is 25.8 Å². The van der Waals surface area contributed by atoms with E-state index in [0.29, 0.717) is 22.4 Å². The number of piperidine rings is 1. The first-order valence-corrected chi connectivity index (χ1v) is 6.73. The van der Waals surface area contributed by atoms with Crippen LogP contribution in [0.5, 0.6) is 0 Å². The van der Waals surface area contributed by atoms with Gasteiger partial charge in [0, 0.05) is 18.8 Å². The molecule has 1 unspecified atom stereocenters. The number of nitrogen functional groups attached to an aromatic ring is 1. The van der Waals surface area contributed by atoms with E-state index in [4.69, 9.17) is 17.3 Å². The number of aromatic nitrogens is 1. The van der Waals surface area contributed by atoms with Crippen LogP contribution in [0.2, 0.25) is 5.02 Å². The minimum Gasteiger partial charge on any atom is -0.384 e. The molecule has 0 aromatic carbocycles. The van der Waals surface area contributed by atoms with Crippen LogP contribution in [-0.2, 0) is 0 Å². The number of nitrogens with zero attached hydrogens (tertiary/aromatic N) is 2. The first-order valence-electron chi connectivity index (χ1n) is 6.35. The highest BCUT2D eigenvalue weighted by Gasteiger charge is 2.27. The van der Waals surface area contributed by atoms with Crippen LogP contribution in [0.1, 0.15) is 43.0 Å². The van der Waals surface area contributed by atoms with E-state index in [9.17, 15) is 4.79 Å². The van der Waals surface area contributed by atoms with Crippen molar-refractivity contribution in [3.63, 3.8) is 0 Å². The Labute approximate surface area is 112 Å². The van der Waals surface area contributed by atoms with Crippen LogP contribution >= 0.6 is 11.6 Å². The van der Waals surface area contributed by atoms with Gasteiger partial charge in [-0.1, -0.05) is 18.5 Å². The maximum Gasteiger partial charge on any atom is 0.255 e. The number of nitrogens with two attached hydrogens (primary N) is 1. The average Bonchev–Trinajstić information content (AvgIpc) is 2.40. The fourth-order valence-electron chi connectivity index (χ4n) is 2.47. The van der Waals surface area contributed by atoms with E-state index in [1.807, 2.05) is 4.90 Å². The van der Waals surface area contributed by atoms with Gasteiger partial charge in [0.15, 0.2) is 0 Å². The Morgan fingerprint density at radius 3 is 3.11 bits per heavy atom. The summed E-state index contributed by atoms with van der Waals surface area (Å²) in [5.74, 6) is 0.299. The van der Waals surface area contributed by atoms with Gasteiger partial charge in [-0.05, 0) is 31.7 Å². The van der Waals surface area contributed by atoms with Crippen LogP contribution < -0.4 is 5.73 Å². The van der Waals surface area contributed by atoms with Crippen LogP contribution in [0.25, 0.3) is 0 Å². The zero-order valence-electron chi connectivity index (χ0n) is 10.5. The third kappa shape index (κ3) is 2.58. The SMILES string of the molecule is CCC1CCCCN1C(=O)c1cc(N)ncc1Cl. The first-order chi connectivity index (χ1) is 8.63. The zero-order valence-corrected chi connectivity index (χ0v) is 11.3. The molecule has 2 heterocycles. The molecule has 98 valence electrons. The van der Waals surface area contributed by atoms with Crippen molar-refractivity contribution in [2.45, 2.75) is 38.6 Å². The number of halogens is 1. The normalized spacial score (nSPS) is 19.9. The minimum atomic E-state index is -0.0272. The summed E-state index contributed by atoms with van der Waals surface area (Å²) in [6.45, 7) is 2.91. The predicted molar refractivity (Wildman–Crippen MR) is 72.6 cm³/mol. The maximum atomic E-state index is 12.5. The van der Waals surface area contributed by atoms with Gasteiger partial charge in [-0.3, -0.25) is 4.79 Å². The quantitative estimate of drug-likeness (QED) is 0.896. The first kappa shape index (κ1) is 13.1. The van der Waals surface area contributed by atoms with Gasteiger partial charge in [-0.25, -0.2) is 4.98 Å². The summed E-state index contributed by atoms with van der Waals surface area (Å²) < 4.78 is 0. The number of anilines is 1. The van der Waals surface area contributed by atoms with E-state index in [1.165, 1.54) is 12.6 Å². The van der Waals surface area contributed by atoms with Crippen molar-refractivity contribution < 1.29 is 4.79 Å². The molecule has 0 radical (unpaired) electrons. The molecular formula is C13H18ClN3O. The van der Waals surface area contributed by atoms with Crippen molar-refractivity contribution >= 4 is 23.3 Å². The van der Waals surface area contributed by atoms with Crippen molar-refractivity contribution in [2.24, 2.45) is 0 Å². The lowest BCUT2D eigenvalue weighted by Gasteiger charge is -2.35. The fraction of sp³-hybridized carbons (Fsp3) is 0.538. The molecular weight excluding hydrogens is 250 g/mol. The molecule has 0 aliphatic carbocycles. The number of carbonyl (C=O) groups is 1. The number of amides is 1. The molecule has 1 aromatic heterocycles. The van der Waals surface area contributed by atoms with Crippen molar-refractivity contribution in [3.8, 4) is 0 Å². The molecule has 0 saturated carbocycles. The Hall–Kier alpha value is -1.29. The summed E-state index contributed by atoms with van der Waals surface area (Å²) >= 11 is 6.04. The van der Waals surface area contributed by atoms with Gasteiger partial charge in [-0.2, -0.15) is 0 Å². The van der Waals surface area contributed by atoms with Crippen molar-refractivity contribution in [3.05, 3.63) is 22.8 Å². The summed E-state index contributed by atoms with van der Waals surface area (Å²) in [5, 5.41) is 0.370. The molecule has 1 aromatic rings. The number of carbonyl (C=O) groups excluding carboxylic acids is 1. The Morgan fingerprint density at radius 1 is 1.61 bits per heavy atom. The van der Waals surface area contributed by atoms with Crippen LogP contribution in [-0.4, -0.2) is 28.4 Å². The summed E-state index contributed by atoms with van der Waals surface area (Å²) in [4.78, 5) is 18.3. The molecule has 2 N–H and O–H groups in total. The molecule has 4 nitrogen and oxygen atoms in total. The van der Waals surface area contributed by atoms with Gasteiger partial charge in [-0.15, -0.1) is 0 Å². The number of likely N-dealkylation sites (tertiary alicyclic amines) is 1. The monoisotopic (exact) mass is 267 g/mol. The standard InChI is InChI=1S/C13H18ClN3O/c1-2-9-5-3-4-6-17(9)13(18)10-7-12(15)16-8-11(10)14/h7-9H,2-6H2,1H3,(H2,15,16). The van der Waals surface area contributed by atoms with Crippen LogP contribution in [0.3, 0.4) is 0 Å². The predicted octanol–water partition coefficient (Wildman–Crippen LogP) is 2.72. The molecule has 0 spiro atoms. The lowest BCUT2D eigenvalue weighted by Crippen LogP contribution is -2.43. The summed E-state index contributed by atoms with van der Waals surface area (Å²) in [5.41, 5.74) is 6.08. The zero-order chi connectivity index (χ0) is 13.1. The Kier molecular flexibility index (Phi) is 4.07. The summed E-state index contributed by atoms with van der Waals surface area (Å²) in [6.07, 6.45) is 5.73. The number of pyridine rings is 1. The van der Waals surface area contributed by atoms with Crippen molar-refractivity contribution in [2.75, 3.05) is 12.3 Å². The van der Waals surface area contributed by atoms with E-state index >= 15 is 0 Å². The molecule has 1 amide bonds. The van der Waals surface area contributed by atoms with E-state index in [1.54, 1.807) is 6.07 Å². The average molecular weight is 268 g/mol. The van der Waals surface area contributed by atoms with Gasteiger partial charge in [0.05, 0.1) is 10.6 Å². The van der Waals surface area contributed by atoms with E-state index in [2.05, 4.69) is 11.9 Å². The summed E-state index contributed by atoms with van der Waals surface area (Å²) in [6, 6.07) is 1.88. The van der Waals surface area contributed by atoms with E-state index < -0.39 is 0 Å². The molecule has 1 aliphatic heterocycles. The topological polar surface area (TPSA) is 59.2 Å². The lowest BCUT2D eigenvalue weighted by atomic mass is 9.99. The van der Waals surface area contributed by atoms with E-state index in [-0.39, 0.29) is 5.91 Å². The fourth-order valence-corrected chi connectivity index (χ4v) is 2.65. The second kappa shape index (κ2) is 5.57. The van der Waals surface area contributed by atoms with Gasteiger partial charge in [0.1, 0.15) is 5.82 Å². The molecule has 1 atom stereocenters. The Balaban J connectivity index is 2.26.